The number of carbonyl (C=O) groups is 2. The number of rotatable bonds is 5. The van der Waals surface area contributed by atoms with Gasteiger partial charge in [-0.3, -0.25) is 9.59 Å². The van der Waals surface area contributed by atoms with Crippen molar-refractivity contribution < 1.29 is 19.4 Å². The molecule has 0 unspecified atom stereocenters. The second-order valence-corrected chi connectivity index (χ2v) is 6.59. The van der Waals surface area contributed by atoms with Crippen molar-refractivity contribution >= 4 is 17.6 Å². The molecular weight excluding hydrogens is 344 g/mol. The molecule has 1 aliphatic rings. The first-order valence-corrected chi connectivity index (χ1v) is 8.88. The van der Waals surface area contributed by atoms with E-state index in [-0.39, 0.29) is 5.91 Å². The van der Waals surface area contributed by atoms with Crippen LogP contribution in [-0.2, 0) is 9.59 Å². The number of ether oxygens (including phenoxy) is 1. The number of benzene rings is 2. The average molecular weight is 364 g/mol. The van der Waals surface area contributed by atoms with E-state index in [1.807, 2.05) is 6.07 Å². The van der Waals surface area contributed by atoms with Gasteiger partial charge in [0.05, 0.1) is 23.5 Å². The number of nitriles is 1. The summed E-state index contributed by atoms with van der Waals surface area (Å²) in [7, 11) is 0. The molecular formula is C21H20N2O4. The van der Waals surface area contributed by atoms with E-state index in [4.69, 9.17) is 10.00 Å². The van der Waals surface area contributed by atoms with Crippen molar-refractivity contribution in [2.24, 2.45) is 11.8 Å². The van der Waals surface area contributed by atoms with Crippen LogP contribution in [0.4, 0.5) is 5.69 Å². The molecule has 2 atom stereocenters. The smallest absolute Gasteiger partial charge is 0.307 e. The van der Waals surface area contributed by atoms with Crippen LogP contribution in [0.2, 0.25) is 0 Å². The first-order valence-electron chi connectivity index (χ1n) is 8.88. The number of carboxylic acids is 1. The summed E-state index contributed by atoms with van der Waals surface area (Å²) in [4.78, 5) is 23.9. The Bertz CT molecular complexity index is 853. The van der Waals surface area contributed by atoms with Crippen molar-refractivity contribution in [3.63, 3.8) is 0 Å². The van der Waals surface area contributed by atoms with Gasteiger partial charge in [0.25, 0.3) is 0 Å². The lowest BCUT2D eigenvalue weighted by Gasteiger charge is -2.27. The van der Waals surface area contributed by atoms with E-state index in [2.05, 4.69) is 5.32 Å². The van der Waals surface area contributed by atoms with Crippen LogP contribution in [0.25, 0.3) is 0 Å². The van der Waals surface area contributed by atoms with Crippen LogP contribution in [0.5, 0.6) is 11.5 Å². The van der Waals surface area contributed by atoms with E-state index in [9.17, 15) is 14.7 Å². The fraction of sp³-hybridized carbons (Fsp3) is 0.286. The molecule has 1 amide bonds. The fourth-order valence-electron chi connectivity index (χ4n) is 3.32. The summed E-state index contributed by atoms with van der Waals surface area (Å²) < 4.78 is 5.70. The molecule has 0 aromatic heterocycles. The van der Waals surface area contributed by atoms with Crippen molar-refractivity contribution in [2.75, 3.05) is 5.32 Å². The minimum Gasteiger partial charge on any atom is -0.481 e. The lowest BCUT2D eigenvalue weighted by molar-refractivity contribution is -0.147. The topological polar surface area (TPSA) is 99.4 Å². The number of carboxylic acid groups (broad SMARTS) is 1. The lowest BCUT2D eigenvalue weighted by atomic mass is 9.78. The summed E-state index contributed by atoms with van der Waals surface area (Å²) in [6.45, 7) is 0. The molecule has 2 N–H and O–H groups in total. The van der Waals surface area contributed by atoms with Crippen LogP contribution in [0, 0.1) is 23.2 Å². The Morgan fingerprint density at radius 2 is 1.52 bits per heavy atom. The third-order valence-electron chi connectivity index (χ3n) is 4.76. The molecule has 6 nitrogen and oxygen atoms in total. The number of amides is 1. The Morgan fingerprint density at radius 1 is 0.963 bits per heavy atom. The largest absolute Gasteiger partial charge is 0.481 e. The molecule has 27 heavy (non-hydrogen) atoms. The Labute approximate surface area is 157 Å². The Balaban J connectivity index is 1.62. The fourth-order valence-corrected chi connectivity index (χ4v) is 3.32. The van der Waals surface area contributed by atoms with Gasteiger partial charge in [-0.25, -0.2) is 0 Å². The molecule has 3 rings (SSSR count). The Morgan fingerprint density at radius 3 is 2.07 bits per heavy atom. The Hall–Kier alpha value is -3.33. The molecule has 1 fully saturated rings. The predicted molar refractivity (Wildman–Crippen MR) is 99.4 cm³/mol. The van der Waals surface area contributed by atoms with Crippen LogP contribution in [-0.4, -0.2) is 17.0 Å². The zero-order valence-electron chi connectivity index (χ0n) is 14.7. The summed E-state index contributed by atoms with van der Waals surface area (Å²) in [5.74, 6) is -1.05. The minimum atomic E-state index is -0.902. The number of aliphatic carboxylic acids is 1. The molecule has 0 bridgehead atoms. The standard InChI is InChI=1S/C21H20N2O4/c22-13-14-5-9-16(10-6-14)27-17-11-7-15(8-12-17)23-20(24)18-3-1-2-4-19(18)21(25)26/h5-12,18-19H,1-4H2,(H,23,24)(H,25,26)/t18-,19+/m1/s1. The van der Waals surface area contributed by atoms with Crippen LogP contribution in [0.3, 0.4) is 0 Å². The van der Waals surface area contributed by atoms with Gasteiger partial charge in [-0.15, -0.1) is 0 Å². The van der Waals surface area contributed by atoms with Gasteiger partial charge in [0, 0.05) is 5.69 Å². The van der Waals surface area contributed by atoms with E-state index in [1.54, 1.807) is 48.5 Å². The van der Waals surface area contributed by atoms with Gasteiger partial charge in [0.15, 0.2) is 0 Å². The minimum absolute atomic E-state index is 0.247. The van der Waals surface area contributed by atoms with E-state index in [1.165, 1.54) is 0 Å². The number of nitrogens with zero attached hydrogens (tertiary/aromatic N) is 1. The summed E-state index contributed by atoms with van der Waals surface area (Å²) in [6.07, 6.45) is 2.87. The number of nitrogens with one attached hydrogen (secondary N) is 1. The summed E-state index contributed by atoms with van der Waals surface area (Å²) in [5, 5.41) is 20.9. The highest BCUT2D eigenvalue weighted by Gasteiger charge is 2.35. The quantitative estimate of drug-likeness (QED) is 0.829. The highest BCUT2D eigenvalue weighted by Crippen LogP contribution is 2.31. The second-order valence-electron chi connectivity index (χ2n) is 6.59. The molecule has 0 aliphatic heterocycles. The summed E-state index contributed by atoms with van der Waals surface area (Å²) in [6, 6.07) is 15.7. The van der Waals surface area contributed by atoms with E-state index in [0.717, 1.165) is 12.8 Å². The van der Waals surface area contributed by atoms with Crippen molar-refractivity contribution in [3.8, 4) is 17.6 Å². The third kappa shape index (κ3) is 4.64. The zero-order valence-corrected chi connectivity index (χ0v) is 14.7. The van der Waals surface area contributed by atoms with Gasteiger partial charge in [-0.05, 0) is 61.4 Å². The highest BCUT2D eigenvalue weighted by atomic mass is 16.5. The molecule has 6 heteroatoms. The maximum atomic E-state index is 12.5. The highest BCUT2D eigenvalue weighted by molar-refractivity contribution is 5.95. The second kappa shape index (κ2) is 8.37. The normalized spacial score (nSPS) is 18.9. The number of anilines is 1. The monoisotopic (exact) mass is 364 g/mol. The van der Waals surface area contributed by atoms with Gasteiger partial charge in [-0.2, -0.15) is 5.26 Å². The summed E-state index contributed by atoms with van der Waals surface area (Å²) >= 11 is 0. The van der Waals surface area contributed by atoms with Gasteiger partial charge < -0.3 is 15.2 Å². The Kier molecular flexibility index (Phi) is 5.72. The number of hydrogen-bond donors (Lipinski definition) is 2. The maximum absolute atomic E-state index is 12.5. The van der Waals surface area contributed by atoms with Gasteiger partial charge in [0.1, 0.15) is 11.5 Å². The third-order valence-corrected chi connectivity index (χ3v) is 4.76. The van der Waals surface area contributed by atoms with Crippen LogP contribution in [0.1, 0.15) is 31.2 Å². The molecule has 2 aromatic carbocycles. The van der Waals surface area contributed by atoms with Crippen LogP contribution < -0.4 is 10.1 Å². The summed E-state index contributed by atoms with van der Waals surface area (Å²) in [5.41, 5.74) is 1.16. The van der Waals surface area contributed by atoms with Gasteiger partial charge in [0.2, 0.25) is 5.91 Å². The lowest BCUT2D eigenvalue weighted by Crippen LogP contribution is -2.36. The maximum Gasteiger partial charge on any atom is 0.307 e. The molecule has 2 aromatic rings. The van der Waals surface area contributed by atoms with Crippen molar-refractivity contribution in [1.82, 2.24) is 0 Å². The molecule has 1 saturated carbocycles. The van der Waals surface area contributed by atoms with Crippen molar-refractivity contribution in [3.05, 3.63) is 54.1 Å². The number of carbonyl (C=O) groups excluding carboxylic acids is 1. The van der Waals surface area contributed by atoms with Gasteiger partial charge in [-0.1, -0.05) is 12.8 Å². The average Bonchev–Trinajstić information content (AvgIpc) is 2.70. The number of hydrogen-bond acceptors (Lipinski definition) is 4. The molecule has 138 valence electrons. The SMILES string of the molecule is N#Cc1ccc(Oc2ccc(NC(=O)[C@@H]3CCCC[C@@H]3C(=O)O)cc2)cc1. The molecule has 0 saturated heterocycles. The first kappa shape index (κ1) is 18.5. The molecule has 1 aliphatic carbocycles. The van der Waals surface area contributed by atoms with E-state index in [0.29, 0.717) is 35.6 Å². The first-order chi connectivity index (χ1) is 13.1. The molecule has 0 radical (unpaired) electrons. The predicted octanol–water partition coefficient (Wildman–Crippen LogP) is 4.18. The van der Waals surface area contributed by atoms with Gasteiger partial charge >= 0.3 is 5.97 Å². The zero-order chi connectivity index (χ0) is 19.2. The molecule has 0 spiro atoms. The van der Waals surface area contributed by atoms with Crippen molar-refractivity contribution in [1.29, 1.82) is 5.26 Å². The van der Waals surface area contributed by atoms with E-state index < -0.39 is 17.8 Å². The van der Waals surface area contributed by atoms with E-state index >= 15 is 0 Å². The van der Waals surface area contributed by atoms with Crippen LogP contribution >= 0.6 is 0 Å². The van der Waals surface area contributed by atoms with Crippen LogP contribution in [0.15, 0.2) is 48.5 Å². The molecule has 0 heterocycles. The van der Waals surface area contributed by atoms with Crippen molar-refractivity contribution in [2.45, 2.75) is 25.7 Å².